The van der Waals surface area contributed by atoms with E-state index in [-0.39, 0.29) is 5.82 Å². The highest BCUT2D eigenvalue weighted by atomic mass is 35.5. The van der Waals surface area contributed by atoms with Gasteiger partial charge in [0.1, 0.15) is 24.0 Å². The van der Waals surface area contributed by atoms with Crippen molar-refractivity contribution in [1.29, 1.82) is 0 Å². The van der Waals surface area contributed by atoms with Crippen molar-refractivity contribution in [1.82, 2.24) is 4.98 Å². The number of nitrogens with zero attached hydrogens (tertiary/aromatic N) is 1. The van der Waals surface area contributed by atoms with Crippen LogP contribution in [0.15, 0.2) is 42.6 Å². The summed E-state index contributed by atoms with van der Waals surface area (Å²) in [5.41, 5.74) is 0.588. The average Bonchev–Trinajstić information content (AvgIpc) is 2.52. The van der Waals surface area contributed by atoms with Crippen LogP contribution in [0.1, 0.15) is 5.56 Å². The van der Waals surface area contributed by atoms with Gasteiger partial charge in [-0.1, -0.05) is 11.6 Å². The Kier molecular flexibility index (Phi) is 5.94. The SMILES string of the molecule is O=C(O)/C=C/c1cnc(NCCOc2ccc(F)cc2)c(Cl)c1. The van der Waals surface area contributed by atoms with Crippen LogP contribution in [0.4, 0.5) is 10.2 Å². The molecule has 0 amide bonds. The zero-order valence-corrected chi connectivity index (χ0v) is 12.8. The highest BCUT2D eigenvalue weighted by molar-refractivity contribution is 6.33. The molecule has 7 heteroatoms. The van der Waals surface area contributed by atoms with Crippen molar-refractivity contribution in [3.63, 3.8) is 0 Å². The topological polar surface area (TPSA) is 71.5 Å². The van der Waals surface area contributed by atoms with E-state index < -0.39 is 5.97 Å². The summed E-state index contributed by atoms with van der Waals surface area (Å²) < 4.78 is 18.2. The van der Waals surface area contributed by atoms with Crippen LogP contribution in [0.5, 0.6) is 5.75 Å². The minimum Gasteiger partial charge on any atom is -0.492 e. The van der Waals surface area contributed by atoms with Gasteiger partial charge >= 0.3 is 5.97 Å². The number of pyridine rings is 1. The van der Waals surface area contributed by atoms with E-state index in [1.165, 1.54) is 24.4 Å². The predicted octanol–water partition coefficient (Wildman–Crippen LogP) is 3.46. The van der Waals surface area contributed by atoms with Crippen LogP contribution >= 0.6 is 11.6 Å². The number of aromatic nitrogens is 1. The molecule has 0 fully saturated rings. The highest BCUT2D eigenvalue weighted by Crippen LogP contribution is 2.20. The number of carbonyl (C=O) groups is 1. The fourth-order valence-electron chi connectivity index (χ4n) is 1.71. The number of anilines is 1. The largest absolute Gasteiger partial charge is 0.492 e. The van der Waals surface area contributed by atoms with Gasteiger partial charge in [-0.2, -0.15) is 0 Å². The van der Waals surface area contributed by atoms with Crippen molar-refractivity contribution >= 4 is 29.5 Å². The quantitative estimate of drug-likeness (QED) is 0.598. The van der Waals surface area contributed by atoms with E-state index in [0.29, 0.717) is 35.3 Å². The van der Waals surface area contributed by atoms with Gasteiger partial charge in [0, 0.05) is 12.3 Å². The average molecular weight is 337 g/mol. The Morgan fingerprint density at radius 3 is 2.78 bits per heavy atom. The molecule has 0 spiro atoms. The molecule has 2 rings (SSSR count). The second-order valence-electron chi connectivity index (χ2n) is 4.50. The zero-order chi connectivity index (χ0) is 16.7. The van der Waals surface area contributed by atoms with Crippen molar-refractivity contribution in [2.24, 2.45) is 0 Å². The Bertz CT molecular complexity index is 705. The summed E-state index contributed by atoms with van der Waals surface area (Å²) in [6, 6.07) is 7.35. The molecule has 1 heterocycles. The molecule has 0 unspecified atom stereocenters. The molecule has 0 saturated carbocycles. The Hall–Kier alpha value is -2.60. The highest BCUT2D eigenvalue weighted by Gasteiger charge is 2.02. The van der Waals surface area contributed by atoms with E-state index in [4.69, 9.17) is 21.4 Å². The summed E-state index contributed by atoms with van der Waals surface area (Å²) in [6.07, 6.45) is 3.92. The first-order chi connectivity index (χ1) is 11.0. The number of hydrogen-bond acceptors (Lipinski definition) is 4. The lowest BCUT2D eigenvalue weighted by atomic mass is 10.2. The van der Waals surface area contributed by atoms with Crippen LogP contribution in [0.25, 0.3) is 6.08 Å². The fourth-order valence-corrected chi connectivity index (χ4v) is 1.95. The number of nitrogens with one attached hydrogen (secondary N) is 1. The summed E-state index contributed by atoms with van der Waals surface area (Å²) in [5.74, 6) is -0.312. The number of ether oxygens (including phenoxy) is 1. The lowest BCUT2D eigenvalue weighted by Gasteiger charge is -2.09. The maximum Gasteiger partial charge on any atom is 0.328 e. The molecule has 2 aromatic rings. The van der Waals surface area contributed by atoms with Crippen LogP contribution in [0.2, 0.25) is 5.02 Å². The minimum absolute atomic E-state index is 0.316. The number of carboxylic acid groups (broad SMARTS) is 1. The van der Waals surface area contributed by atoms with Gasteiger partial charge in [0.15, 0.2) is 0 Å². The number of carboxylic acids is 1. The Morgan fingerprint density at radius 2 is 2.13 bits per heavy atom. The molecule has 5 nitrogen and oxygen atoms in total. The van der Waals surface area contributed by atoms with Crippen molar-refractivity contribution < 1.29 is 19.0 Å². The maximum absolute atomic E-state index is 12.7. The van der Waals surface area contributed by atoms with Crippen molar-refractivity contribution in [2.75, 3.05) is 18.5 Å². The van der Waals surface area contributed by atoms with Gasteiger partial charge in [-0.05, 0) is 42.0 Å². The Morgan fingerprint density at radius 1 is 1.39 bits per heavy atom. The first-order valence-electron chi connectivity index (χ1n) is 6.73. The lowest BCUT2D eigenvalue weighted by Crippen LogP contribution is -2.12. The van der Waals surface area contributed by atoms with E-state index in [2.05, 4.69) is 10.3 Å². The molecule has 120 valence electrons. The number of benzene rings is 1. The van der Waals surface area contributed by atoms with Crippen molar-refractivity contribution in [2.45, 2.75) is 0 Å². The van der Waals surface area contributed by atoms with Crippen LogP contribution in [0, 0.1) is 5.82 Å². The molecule has 23 heavy (non-hydrogen) atoms. The normalized spacial score (nSPS) is 10.7. The van der Waals surface area contributed by atoms with Gasteiger partial charge in [0.05, 0.1) is 11.6 Å². The fraction of sp³-hybridized carbons (Fsp3) is 0.125. The third-order valence-electron chi connectivity index (χ3n) is 2.76. The molecule has 0 aliphatic heterocycles. The van der Waals surface area contributed by atoms with Gasteiger partial charge in [0.2, 0.25) is 0 Å². The van der Waals surface area contributed by atoms with Gasteiger partial charge in [-0.3, -0.25) is 0 Å². The molecular weight excluding hydrogens is 323 g/mol. The minimum atomic E-state index is -1.04. The maximum atomic E-state index is 12.7. The number of aliphatic carboxylic acids is 1. The predicted molar refractivity (Wildman–Crippen MR) is 86.3 cm³/mol. The summed E-state index contributed by atoms with van der Waals surface area (Å²) >= 11 is 6.07. The van der Waals surface area contributed by atoms with Crippen molar-refractivity contribution in [3.05, 3.63) is 59.0 Å². The third kappa shape index (κ3) is 5.60. The molecule has 0 aliphatic rings. The van der Waals surface area contributed by atoms with E-state index in [1.807, 2.05) is 0 Å². The van der Waals surface area contributed by atoms with E-state index >= 15 is 0 Å². The van der Waals surface area contributed by atoms with Crippen molar-refractivity contribution in [3.8, 4) is 5.75 Å². The second-order valence-corrected chi connectivity index (χ2v) is 4.91. The first-order valence-corrected chi connectivity index (χ1v) is 7.11. The Balaban J connectivity index is 1.83. The van der Waals surface area contributed by atoms with E-state index in [1.54, 1.807) is 18.2 Å². The summed E-state index contributed by atoms with van der Waals surface area (Å²) in [5, 5.41) is 11.9. The summed E-state index contributed by atoms with van der Waals surface area (Å²) in [4.78, 5) is 14.6. The number of halogens is 2. The third-order valence-corrected chi connectivity index (χ3v) is 3.05. The molecule has 0 atom stereocenters. The van der Waals surface area contributed by atoms with Gasteiger partial charge < -0.3 is 15.2 Å². The van der Waals surface area contributed by atoms with E-state index in [9.17, 15) is 9.18 Å². The van der Waals surface area contributed by atoms with Crippen LogP contribution in [-0.2, 0) is 4.79 Å². The lowest BCUT2D eigenvalue weighted by molar-refractivity contribution is -0.131. The van der Waals surface area contributed by atoms with Crippen LogP contribution in [-0.4, -0.2) is 29.2 Å². The standard InChI is InChI=1S/C16H14ClFN2O3/c17-14-9-11(1-6-15(21)22)10-20-16(14)19-7-8-23-13-4-2-12(18)3-5-13/h1-6,9-10H,7-8H2,(H,19,20)(H,21,22)/b6-1+. The summed E-state index contributed by atoms with van der Waals surface area (Å²) in [7, 11) is 0. The molecule has 0 aliphatic carbocycles. The van der Waals surface area contributed by atoms with Gasteiger partial charge in [-0.25, -0.2) is 14.2 Å². The molecule has 0 radical (unpaired) electrons. The molecule has 1 aromatic carbocycles. The molecular formula is C16H14ClFN2O3. The Labute approximate surface area is 137 Å². The van der Waals surface area contributed by atoms with Crippen LogP contribution < -0.4 is 10.1 Å². The molecule has 0 saturated heterocycles. The zero-order valence-electron chi connectivity index (χ0n) is 12.0. The summed E-state index contributed by atoms with van der Waals surface area (Å²) in [6.45, 7) is 0.804. The van der Waals surface area contributed by atoms with E-state index in [0.717, 1.165) is 6.08 Å². The number of rotatable bonds is 7. The smallest absolute Gasteiger partial charge is 0.328 e. The van der Waals surface area contributed by atoms with Gasteiger partial charge in [-0.15, -0.1) is 0 Å². The molecule has 2 N–H and O–H groups in total. The molecule has 0 bridgehead atoms. The molecule has 1 aromatic heterocycles. The van der Waals surface area contributed by atoms with Crippen LogP contribution in [0.3, 0.4) is 0 Å². The second kappa shape index (κ2) is 8.14. The number of hydrogen-bond donors (Lipinski definition) is 2. The first kappa shape index (κ1) is 16.8. The van der Waals surface area contributed by atoms with Gasteiger partial charge in [0.25, 0.3) is 0 Å². The monoisotopic (exact) mass is 336 g/mol.